The first kappa shape index (κ1) is 20.4. The molecule has 0 aliphatic carbocycles. The molecule has 0 aromatic heterocycles. The molecule has 0 bridgehead atoms. The predicted octanol–water partition coefficient (Wildman–Crippen LogP) is 5.02. The van der Waals surface area contributed by atoms with Crippen LogP contribution >= 0.6 is 11.6 Å². The molecule has 0 unspecified atom stereocenters. The maximum Gasteiger partial charge on any atom is 0.338 e. The zero-order valence-electron chi connectivity index (χ0n) is 15.9. The van der Waals surface area contributed by atoms with Crippen LogP contribution in [-0.2, 0) is 16.1 Å². The molecule has 0 atom stereocenters. The first-order chi connectivity index (χ1) is 14.0. The Bertz CT molecular complexity index is 1000. The van der Waals surface area contributed by atoms with Crippen LogP contribution in [0.3, 0.4) is 0 Å². The van der Waals surface area contributed by atoms with Crippen LogP contribution in [0.25, 0.3) is 0 Å². The molecule has 3 rings (SSSR count). The monoisotopic (exact) mass is 409 g/mol. The molecule has 0 spiro atoms. The van der Waals surface area contributed by atoms with E-state index in [2.05, 4.69) is 5.32 Å². The first-order valence-electron chi connectivity index (χ1n) is 9.01. The van der Waals surface area contributed by atoms with E-state index < -0.39 is 18.5 Å². The molecule has 1 N–H and O–H groups in total. The van der Waals surface area contributed by atoms with Gasteiger partial charge in [-0.1, -0.05) is 54.1 Å². The van der Waals surface area contributed by atoms with Gasteiger partial charge in [0, 0.05) is 0 Å². The van der Waals surface area contributed by atoms with Crippen molar-refractivity contribution in [2.45, 2.75) is 13.5 Å². The van der Waals surface area contributed by atoms with Gasteiger partial charge in [0.1, 0.15) is 12.4 Å². The molecule has 0 aliphatic rings. The van der Waals surface area contributed by atoms with Gasteiger partial charge in [0.15, 0.2) is 6.61 Å². The van der Waals surface area contributed by atoms with Crippen molar-refractivity contribution in [1.82, 2.24) is 0 Å². The SMILES string of the molecule is Cc1ccc(NC(=O)COC(=O)c2cccc(OCc3ccccc3)c2)c(Cl)c1. The lowest BCUT2D eigenvalue weighted by Gasteiger charge is -2.10. The molecule has 148 valence electrons. The molecule has 0 saturated carbocycles. The van der Waals surface area contributed by atoms with Crippen molar-refractivity contribution in [3.63, 3.8) is 0 Å². The number of hydrogen-bond donors (Lipinski definition) is 1. The highest BCUT2D eigenvalue weighted by atomic mass is 35.5. The molecule has 0 saturated heterocycles. The van der Waals surface area contributed by atoms with E-state index in [-0.39, 0.29) is 0 Å². The number of aryl methyl sites for hydroxylation is 1. The minimum Gasteiger partial charge on any atom is -0.489 e. The lowest BCUT2D eigenvalue weighted by atomic mass is 10.2. The number of nitrogens with one attached hydrogen (secondary N) is 1. The van der Waals surface area contributed by atoms with Gasteiger partial charge >= 0.3 is 5.97 Å². The van der Waals surface area contributed by atoms with Crippen LogP contribution in [0.2, 0.25) is 5.02 Å². The van der Waals surface area contributed by atoms with Crippen molar-refractivity contribution in [3.05, 3.63) is 94.5 Å². The summed E-state index contributed by atoms with van der Waals surface area (Å²) >= 11 is 6.09. The van der Waals surface area contributed by atoms with Gasteiger partial charge < -0.3 is 14.8 Å². The highest BCUT2D eigenvalue weighted by molar-refractivity contribution is 6.33. The number of ether oxygens (including phenoxy) is 2. The topological polar surface area (TPSA) is 64.6 Å². The second kappa shape index (κ2) is 9.75. The Kier molecular flexibility index (Phi) is 6.87. The molecule has 0 heterocycles. The minimum atomic E-state index is -0.611. The average molecular weight is 410 g/mol. The van der Waals surface area contributed by atoms with Gasteiger partial charge in [-0.3, -0.25) is 4.79 Å². The number of hydrogen-bond acceptors (Lipinski definition) is 4. The fraction of sp³-hybridized carbons (Fsp3) is 0.130. The van der Waals surface area contributed by atoms with Crippen molar-refractivity contribution >= 4 is 29.2 Å². The zero-order chi connectivity index (χ0) is 20.6. The summed E-state index contributed by atoms with van der Waals surface area (Å²) in [6, 6.07) is 21.6. The van der Waals surface area contributed by atoms with Gasteiger partial charge in [0.2, 0.25) is 0 Å². The number of amides is 1. The summed E-state index contributed by atoms with van der Waals surface area (Å²) in [6.07, 6.45) is 0. The van der Waals surface area contributed by atoms with Crippen LogP contribution in [0.4, 0.5) is 5.69 Å². The molecule has 0 aliphatic heterocycles. The quantitative estimate of drug-likeness (QED) is 0.556. The van der Waals surface area contributed by atoms with E-state index in [4.69, 9.17) is 21.1 Å². The van der Waals surface area contributed by atoms with E-state index in [9.17, 15) is 9.59 Å². The molecular weight excluding hydrogens is 390 g/mol. The molecule has 6 heteroatoms. The molecule has 3 aromatic rings. The summed E-state index contributed by atoms with van der Waals surface area (Å²) in [4.78, 5) is 24.3. The van der Waals surface area contributed by atoms with E-state index in [0.717, 1.165) is 11.1 Å². The Morgan fingerprint density at radius 1 is 0.966 bits per heavy atom. The molecule has 0 fully saturated rings. The summed E-state index contributed by atoms with van der Waals surface area (Å²) in [7, 11) is 0. The van der Waals surface area contributed by atoms with Crippen LogP contribution < -0.4 is 10.1 Å². The summed E-state index contributed by atoms with van der Waals surface area (Å²) in [6.45, 7) is 1.87. The third kappa shape index (κ3) is 6.09. The Morgan fingerprint density at radius 2 is 1.76 bits per heavy atom. The highest BCUT2D eigenvalue weighted by Gasteiger charge is 2.12. The normalized spacial score (nSPS) is 10.3. The maximum atomic E-state index is 12.3. The summed E-state index contributed by atoms with van der Waals surface area (Å²) in [5.41, 5.74) is 2.77. The number of benzene rings is 3. The lowest BCUT2D eigenvalue weighted by Crippen LogP contribution is -2.21. The standard InChI is InChI=1S/C23H20ClNO4/c1-16-10-11-21(20(24)12-16)25-22(26)15-29-23(27)18-8-5-9-19(13-18)28-14-17-6-3-2-4-7-17/h2-13H,14-15H2,1H3,(H,25,26). The van der Waals surface area contributed by atoms with Crippen LogP contribution in [0, 0.1) is 6.92 Å². The molecule has 5 nitrogen and oxygen atoms in total. The highest BCUT2D eigenvalue weighted by Crippen LogP contribution is 2.22. The summed E-state index contributed by atoms with van der Waals surface area (Å²) < 4.78 is 10.8. The smallest absolute Gasteiger partial charge is 0.338 e. The Balaban J connectivity index is 1.53. The van der Waals surface area contributed by atoms with Crippen LogP contribution in [0.1, 0.15) is 21.5 Å². The second-order valence-electron chi connectivity index (χ2n) is 6.41. The molecule has 1 amide bonds. The number of anilines is 1. The van der Waals surface area contributed by atoms with Gasteiger partial charge in [-0.15, -0.1) is 0 Å². The number of esters is 1. The van der Waals surface area contributed by atoms with Crippen molar-refractivity contribution in [2.24, 2.45) is 0 Å². The van der Waals surface area contributed by atoms with E-state index in [1.807, 2.05) is 43.3 Å². The fourth-order valence-corrected chi connectivity index (χ4v) is 2.86. The average Bonchev–Trinajstić information content (AvgIpc) is 2.73. The van der Waals surface area contributed by atoms with Crippen LogP contribution in [0.15, 0.2) is 72.8 Å². The Morgan fingerprint density at radius 3 is 2.52 bits per heavy atom. The second-order valence-corrected chi connectivity index (χ2v) is 6.82. The summed E-state index contributed by atoms with van der Waals surface area (Å²) in [5.74, 6) is -0.542. The van der Waals surface area contributed by atoms with Gasteiger partial charge in [-0.2, -0.15) is 0 Å². The number of carbonyl (C=O) groups is 2. The molecular formula is C23H20ClNO4. The number of carbonyl (C=O) groups excluding carboxylic acids is 2. The fourth-order valence-electron chi connectivity index (χ4n) is 2.58. The number of halogens is 1. The van der Waals surface area contributed by atoms with E-state index in [1.54, 1.807) is 36.4 Å². The van der Waals surface area contributed by atoms with Crippen molar-refractivity contribution in [3.8, 4) is 5.75 Å². The largest absolute Gasteiger partial charge is 0.489 e. The third-order valence-corrected chi connectivity index (χ3v) is 4.36. The molecule has 3 aromatic carbocycles. The van der Waals surface area contributed by atoms with Crippen LogP contribution in [-0.4, -0.2) is 18.5 Å². The molecule has 0 radical (unpaired) electrons. The first-order valence-corrected chi connectivity index (χ1v) is 9.39. The van der Waals surface area contributed by atoms with Crippen molar-refractivity contribution < 1.29 is 19.1 Å². The minimum absolute atomic E-state index is 0.303. The number of rotatable bonds is 7. The van der Waals surface area contributed by atoms with Gasteiger partial charge in [0.05, 0.1) is 16.3 Å². The van der Waals surface area contributed by atoms with Crippen LogP contribution in [0.5, 0.6) is 5.75 Å². The van der Waals surface area contributed by atoms with E-state index in [0.29, 0.717) is 28.6 Å². The predicted molar refractivity (Wildman–Crippen MR) is 112 cm³/mol. The van der Waals surface area contributed by atoms with Crippen molar-refractivity contribution in [2.75, 3.05) is 11.9 Å². The zero-order valence-corrected chi connectivity index (χ0v) is 16.6. The van der Waals surface area contributed by atoms with E-state index in [1.165, 1.54) is 0 Å². The van der Waals surface area contributed by atoms with Gasteiger partial charge in [-0.25, -0.2) is 4.79 Å². The maximum absolute atomic E-state index is 12.3. The Hall–Kier alpha value is -3.31. The van der Waals surface area contributed by atoms with Gasteiger partial charge in [0.25, 0.3) is 5.91 Å². The van der Waals surface area contributed by atoms with Gasteiger partial charge in [-0.05, 0) is 48.4 Å². The lowest BCUT2D eigenvalue weighted by molar-refractivity contribution is -0.119. The van der Waals surface area contributed by atoms with E-state index >= 15 is 0 Å². The van der Waals surface area contributed by atoms with Crippen molar-refractivity contribution in [1.29, 1.82) is 0 Å². The Labute approximate surface area is 174 Å². The molecule has 29 heavy (non-hydrogen) atoms. The summed E-state index contributed by atoms with van der Waals surface area (Å²) in [5, 5.41) is 3.05. The third-order valence-electron chi connectivity index (χ3n) is 4.05.